The number of hydrogen-bond acceptors (Lipinski definition) is 3. The number of aromatic hydroxyl groups is 1. The Morgan fingerprint density at radius 1 is 1.33 bits per heavy atom. The lowest BCUT2D eigenvalue weighted by atomic mass is 10.0. The lowest BCUT2D eigenvalue weighted by Crippen LogP contribution is -2.06. The van der Waals surface area contributed by atoms with Crippen LogP contribution in [0.25, 0.3) is 11.1 Å². The Kier molecular flexibility index (Phi) is 2.97. The number of nitrogen functional groups attached to an aromatic ring is 1. The van der Waals surface area contributed by atoms with Crippen molar-refractivity contribution in [3.8, 4) is 16.9 Å². The van der Waals surface area contributed by atoms with Gasteiger partial charge in [-0.25, -0.2) is 0 Å². The highest BCUT2D eigenvalue weighted by molar-refractivity contribution is 9.10. The Morgan fingerprint density at radius 2 is 2.00 bits per heavy atom. The fraction of sp³-hybridized carbons (Fsp3) is 0.100. The molecule has 0 bridgehead atoms. The van der Waals surface area contributed by atoms with Gasteiger partial charge >= 0.3 is 6.18 Å². The normalized spacial score (nSPS) is 11.8. The Morgan fingerprint density at radius 3 is 2.50 bits per heavy atom. The van der Waals surface area contributed by atoms with Crippen molar-refractivity contribution in [2.24, 2.45) is 0 Å². The number of hydrogen-bond donors (Lipinski definition) is 3. The summed E-state index contributed by atoms with van der Waals surface area (Å²) in [5.41, 5.74) is 4.95. The summed E-state index contributed by atoms with van der Waals surface area (Å²) >= 11 is 2.88. The molecule has 8 heteroatoms. The van der Waals surface area contributed by atoms with Crippen LogP contribution >= 0.6 is 15.9 Å². The van der Waals surface area contributed by atoms with Gasteiger partial charge in [-0.05, 0) is 33.6 Å². The van der Waals surface area contributed by atoms with Gasteiger partial charge in [0, 0.05) is 5.56 Å². The van der Waals surface area contributed by atoms with Gasteiger partial charge in [0.2, 0.25) is 0 Å². The number of alkyl halides is 3. The number of anilines is 1. The van der Waals surface area contributed by atoms with Crippen LogP contribution in [0.15, 0.2) is 22.8 Å². The maximum Gasteiger partial charge on any atom is 0.420 e. The second-order valence-electron chi connectivity index (χ2n) is 3.55. The maximum atomic E-state index is 12.7. The van der Waals surface area contributed by atoms with Crippen LogP contribution in [-0.2, 0) is 6.18 Å². The van der Waals surface area contributed by atoms with Gasteiger partial charge in [-0.1, -0.05) is 0 Å². The number of nitrogens with zero attached hydrogens (tertiary/aromatic N) is 1. The van der Waals surface area contributed by atoms with E-state index in [4.69, 9.17) is 5.73 Å². The van der Waals surface area contributed by atoms with E-state index in [1.807, 2.05) is 0 Å². The van der Waals surface area contributed by atoms with Gasteiger partial charge in [0.15, 0.2) is 0 Å². The summed E-state index contributed by atoms with van der Waals surface area (Å²) < 4.78 is 38.1. The summed E-state index contributed by atoms with van der Waals surface area (Å²) in [5.74, 6) is -0.700. The van der Waals surface area contributed by atoms with Crippen molar-refractivity contribution in [1.82, 2.24) is 10.2 Å². The van der Waals surface area contributed by atoms with Crippen molar-refractivity contribution in [2.75, 3.05) is 5.73 Å². The van der Waals surface area contributed by atoms with Crippen LogP contribution in [-0.4, -0.2) is 15.3 Å². The molecule has 1 heterocycles. The molecule has 0 aliphatic carbocycles. The number of rotatable bonds is 1. The van der Waals surface area contributed by atoms with E-state index >= 15 is 0 Å². The van der Waals surface area contributed by atoms with E-state index in [9.17, 15) is 18.3 Å². The van der Waals surface area contributed by atoms with Gasteiger partial charge in [0.25, 0.3) is 0 Å². The summed E-state index contributed by atoms with van der Waals surface area (Å²) in [6, 6.07) is 2.16. The zero-order chi connectivity index (χ0) is 13.5. The number of nitrogens with two attached hydrogens (primary N) is 1. The molecule has 0 unspecified atom stereocenters. The van der Waals surface area contributed by atoms with E-state index in [0.717, 1.165) is 6.07 Å². The molecule has 1 aromatic heterocycles. The minimum absolute atomic E-state index is 0.0621. The number of H-pyrrole nitrogens is 1. The molecule has 1 aromatic carbocycles. The molecule has 4 N–H and O–H groups in total. The molecule has 2 rings (SSSR count). The van der Waals surface area contributed by atoms with Crippen molar-refractivity contribution in [3.05, 3.63) is 28.4 Å². The van der Waals surface area contributed by atoms with E-state index in [2.05, 4.69) is 26.1 Å². The van der Waals surface area contributed by atoms with Gasteiger partial charge in [0.1, 0.15) is 11.6 Å². The molecular weight excluding hydrogens is 315 g/mol. The van der Waals surface area contributed by atoms with Crippen molar-refractivity contribution >= 4 is 21.7 Å². The highest BCUT2D eigenvalue weighted by atomic mass is 79.9. The van der Waals surface area contributed by atoms with E-state index in [0.29, 0.717) is 5.56 Å². The predicted molar refractivity (Wildman–Crippen MR) is 62.8 cm³/mol. The third-order valence-corrected chi connectivity index (χ3v) is 2.95. The first-order valence-electron chi connectivity index (χ1n) is 4.69. The SMILES string of the molecule is Nc1[nH]ncc1-c1cc(Br)c(O)c(C(F)(F)F)c1. The molecule has 0 radical (unpaired) electrons. The summed E-state index contributed by atoms with van der Waals surface area (Å²) in [6.07, 6.45) is -3.34. The third-order valence-electron chi connectivity index (χ3n) is 2.35. The molecule has 0 saturated heterocycles. The first-order chi connectivity index (χ1) is 8.30. The van der Waals surface area contributed by atoms with Crippen LogP contribution in [0.4, 0.5) is 19.0 Å². The molecule has 18 heavy (non-hydrogen) atoms. The lowest BCUT2D eigenvalue weighted by Gasteiger charge is -2.12. The topological polar surface area (TPSA) is 74.9 Å². The monoisotopic (exact) mass is 321 g/mol. The van der Waals surface area contributed by atoms with Gasteiger partial charge in [-0.15, -0.1) is 0 Å². The van der Waals surface area contributed by atoms with Crippen molar-refractivity contribution < 1.29 is 18.3 Å². The van der Waals surface area contributed by atoms with Crippen molar-refractivity contribution in [1.29, 1.82) is 0 Å². The molecule has 0 aliphatic heterocycles. The van der Waals surface area contributed by atoms with Crippen LogP contribution in [0.1, 0.15) is 5.56 Å². The number of halogens is 4. The highest BCUT2D eigenvalue weighted by Crippen LogP contribution is 2.42. The Bertz CT molecular complexity index is 595. The number of phenols is 1. The summed E-state index contributed by atoms with van der Waals surface area (Å²) in [6.45, 7) is 0. The predicted octanol–water partition coefficient (Wildman–Crippen LogP) is 3.15. The molecule has 4 nitrogen and oxygen atoms in total. The van der Waals surface area contributed by atoms with Gasteiger partial charge in [-0.2, -0.15) is 18.3 Å². The molecule has 2 aromatic rings. The van der Waals surface area contributed by atoms with Crippen LogP contribution in [0.2, 0.25) is 0 Å². The van der Waals surface area contributed by atoms with Gasteiger partial charge in [0.05, 0.1) is 16.2 Å². The molecule has 96 valence electrons. The fourth-order valence-corrected chi connectivity index (χ4v) is 1.96. The zero-order valence-electron chi connectivity index (χ0n) is 8.72. The second-order valence-corrected chi connectivity index (χ2v) is 4.40. The second kappa shape index (κ2) is 4.20. The Balaban J connectivity index is 2.66. The summed E-state index contributed by atoms with van der Waals surface area (Å²) in [5, 5.41) is 15.5. The average Bonchev–Trinajstić information content (AvgIpc) is 2.66. The van der Waals surface area contributed by atoms with Crippen LogP contribution in [0.5, 0.6) is 5.75 Å². The van der Waals surface area contributed by atoms with E-state index in [1.54, 1.807) is 0 Å². The van der Waals surface area contributed by atoms with E-state index < -0.39 is 17.5 Å². The molecule has 0 saturated carbocycles. The third kappa shape index (κ3) is 2.15. The van der Waals surface area contributed by atoms with Crippen LogP contribution in [0, 0.1) is 0 Å². The van der Waals surface area contributed by atoms with Gasteiger partial charge < -0.3 is 10.8 Å². The maximum absolute atomic E-state index is 12.7. The number of benzene rings is 1. The summed E-state index contributed by atoms with van der Waals surface area (Å²) in [4.78, 5) is 0. The van der Waals surface area contributed by atoms with Crippen LogP contribution in [0.3, 0.4) is 0 Å². The number of aromatic amines is 1. The molecule has 0 atom stereocenters. The Labute approximate surface area is 108 Å². The average molecular weight is 322 g/mol. The molecule has 0 aliphatic rings. The van der Waals surface area contributed by atoms with E-state index in [1.165, 1.54) is 12.3 Å². The minimum atomic E-state index is -4.65. The number of phenolic OH excluding ortho intramolecular Hbond substituents is 1. The highest BCUT2D eigenvalue weighted by Gasteiger charge is 2.35. The minimum Gasteiger partial charge on any atom is -0.506 e. The lowest BCUT2D eigenvalue weighted by molar-refractivity contribution is -0.138. The molecule has 0 spiro atoms. The molecule has 0 amide bonds. The standard InChI is InChI=1S/C10H7BrF3N3O/c11-7-2-4(5-3-16-17-9(5)15)1-6(8(7)18)10(12,13)14/h1-3,18H,(H3,15,16,17). The van der Waals surface area contributed by atoms with Gasteiger partial charge in [-0.3, -0.25) is 5.10 Å². The smallest absolute Gasteiger partial charge is 0.420 e. The zero-order valence-corrected chi connectivity index (χ0v) is 10.3. The van der Waals surface area contributed by atoms with Crippen LogP contribution < -0.4 is 5.73 Å². The van der Waals surface area contributed by atoms with Crippen molar-refractivity contribution in [3.63, 3.8) is 0 Å². The molecule has 0 fully saturated rings. The number of aromatic nitrogens is 2. The first-order valence-corrected chi connectivity index (χ1v) is 5.49. The molecular formula is C10H7BrF3N3O. The Hall–Kier alpha value is -1.70. The van der Waals surface area contributed by atoms with Crippen molar-refractivity contribution in [2.45, 2.75) is 6.18 Å². The fourth-order valence-electron chi connectivity index (χ4n) is 1.50. The quantitative estimate of drug-likeness (QED) is 0.755. The number of nitrogens with one attached hydrogen (secondary N) is 1. The van der Waals surface area contributed by atoms with E-state index in [-0.39, 0.29) is 15.9 Å². The first kappa shape index (κ1) is 12.7. The largest absolute Gasteiger partial charge is 0.506 e. The summed E-state index contributed by atoms with van der Waals surface area (Å²) in [7, 11) is 0.